The average molecular weight is 288 g/mol. The van der Waals surface area contributed by atoms with Gasteiger partial charge in [0.15, 0.2) is 0 Å². The minimum absolute atomic E-state index is 0.0262. The first-order chi connectivity index (χ1) is 10.3. The Morgan fingerprint density at radius 1 is 1.43 bits per heavy atom. The van der Waals surface area contributed by atoms with Gasteiger partial charge in [-0.3, -0.25) is 4.79 Å². The predicted octanol–water partition coefficient (Wildman–Crippen LogP) is 0.659. The largest absolute Gasteiger partial charge is 0.364 e. The highest BCUT2D eigenvalue weighted by Gasteiger charge is 2.29. The molecule has 1 aromatic carbocycles. The number of carbonyl (C=O) groups excluding carboxylic acids is 1. The second-order valence-electron chi connectivity index (χ2n) is 5.28. The van der Waals surface area contributed by atoms with E-state index in [0.29, 0.717) is 19.6 Å². The summed E-state index contributed by atoms with van der Waals surface area (Å²) in [6.07, 6.45) is 3.09. The van der Waals surface area contributed by atoms with Crippen LogP contribution in [0.2, 0.25) is 0 Å². The second-order valence-corrected chi connectivity index (χ2v) is 5.28. The van der Waals surface area contributed by atoms with Crippen molar-refractivity contribution in [3.8, 4) is 0 Å². The number of carbonyl (C=O) groups is 1. The van der Waals surface area contributed by atoms with Crippen molar-refractivity contribution in [2.24, 2.45) is 5.73 Å². The number of benzene rings is 1. The SMILES string of the molecule is NC[C@H]1CC[C@@H](C(=O)NCCn2cnc3ccccc32)O1. The number of ether oxygens (including phenoxy) is 1. The van der Waals surface area contributed by atoms with Gasteiger partial charge in [0, 0.05) is 19.6 Å². The lowest BCUT2D eigenvalue weighted by atomic mass is 10.2. The Balaban J connectivity index is 1.51. The highest BCUT2D eigenvalue weighted by Crippen LogP contribution is 2.18. The van der Waals surface area contributed by atoms with Gasteiger partial charge < -0.3 is 20.4 Å². The number of para-hydroxylation sites is 2. The summed E-state index contributed by atoms with van der Waals surface area (Å²) in [7, 11) is 0. The molecule has 1 amide bonds. The zero-order valence-corrected chi connectivity index (χ0v) is 11.9. The summed E-state index contributed by atoms with van der Waals surface area (Å²) < 4.78 is 7.61. The Morgan fingerprint density at radius 2 is 2.29 bits per heavy atom. The van der Waals surface area contributed by atoms with E-state index in [1.807, 2.05) is 28.8 Å². The molecule has 2 atom stereocenters. The second kappa shape index (κ2) is 6.24. The fourth-order valence-corrected chi connectivity index (χ4v) is 2.67. The Morgan fingerprint density at radius 3 is 3.10 bits per heavy atom. The van der Waals surface area contributed by atoms with Gasteiger partial charge >= 0.3 is 0 Å². The predicted molar refractivity (Wildman–Crippen MR) is 79.7 cm³/mol. The van der Waals surface area contributed by atoms with E-state index in [4.69, 9.17) is 10.5 Å². The summed E-state index contributed by atoms with van der Waals surface area (Å²) in [6, 6.07) is 7.95. The molecular formula is C15H20N4O2. The lowest BCUT2D eigenvalue weighted by molar-refractivity contribution is -0.131. The maximum absolute atomic E-state index is 12.0. The van der Waals surface area contributed by atoms with Crippen LogP contribution in [-0.2, 0) is 16.1 Å². The van der Waals surface area contributed by atoms with Crippen LogP contribution >= 0.6 is 0 Å². The average Bonchev–Trinajstić information content (AvgIpc) is 3.14. The molecule has 2 heterocycles. The number of nitrogens with two attached hydrogens (primary N) is 1. The summed E-state index contributed by atoms with van der Waals surface area (Å²) in [5.74, 6) is -0.0460. The van der Waals surface area contributed by atoms with E-state index >= 15 is 0 Å². The van der Waals surface area contributed by atoms with E-state index in [9.17, 15) is 4.79 Å². The number of imidazole rings is 1. The molecule has 1 aromatic heterocycles. The smallest absolute Gasteiger partial charge is 0.249 e. The summed E-state index contributed by atoms with van der Waals surface area (Å²) in [5, 5.41) is 2.92. The van der Waals surface area contributed by atoms with Gasteiger partial charge in [0.05, 0.1) is 23.5 Å². The number of hydrogen-bond acceptors (Lipinski definition) is 4. The van der Waals surface area contributed by atoms with Crippen LogP contribution in [0.25, 0.3) is 11.0 Å². The van der Waals surface area contributed by atoms with E-state index in [0.717, 1.165) is 23.9 Å². The van der Waals surface area contributed by atoms with Crippen molar-refractivity contribution in [2.75, 3.05) is 13.1 Å². The maximum atomic E-state index is 12.0. The fraction of sp³-hybridized carbons (Fsp3) is 0.467. The number of nitrogens with zero attached hydrogens (tertiary/aromatic N) is 2. The molecule has 0 saturated carbocycles. The number of rotatable bonds is 5. The molecule has 0 radical (unpaired) electrons. The van der Waals surface area contributed by atoms with Crippen LogP contribution in [0, 0.1) is 0 Å². The van der Waals surface area contributed by atoms with Gasteiger partial charge in [-0.25, -0.2) is 4.98 Å². The molecule has 0 unspecified atom stereocenters. The zero-order chi connectivity index (χ0) is 14.7. The number of fused-ring (bicyclic) bond motifs is 1. The monoisotopic (exact) mass is 288 g/mol. The van der Waals surface area contributed by atoms with Gasteiger partial charge in [-0.1, -0.05) is 12.1 Å². The third kappa shape index (κ3) is 3.06. The highest BCUT2D eigenvalue weighted by atomic mass is 16.5. The molecule has 0 bridgehead atoms. The minimum atomic E-state index is -0.349. The molecule has 2 aromatic rings. The minimum Gasteiger partial charge on any atom is -0.364 e. The third-order valence-corrected chi connectivity index (χ3v) is 3.84. The Labute approximate surface area is 123 Å². The van der Waals surface area contributed by atoms with Crippen molar-refractivity contribution >= 4 is 16.9 Å². The molecule has 112 valence electrons. The van der Waals surface area contributed by atoms with E-state index in [-0.39, 0.29) is 18.1 Å². The Bertz CT molecular complexity index is 625. The molecule has 3 rings (SSSR count). The summed E-state index contributed by atoms with van der Waals surface area (Å²) >= 11 is 0. The first-order valence-corrected chi connectivity index (χ1v) is 7.31. The van der Waals surface area contributed by atoms with E-state index < -0.39 is 0 Å². The molecule has 6 nitrogen and oxygen atoms in total. The van der Waals surface area contributed by atoms with Crippen molar-refractivity contribution < 1.29 is 9.53 Å². The lowest BCUT2D eigenvalue weighted by Gasteiger charge is -2.13. The van der Waals surface area contributed by atoms with Gasteiger partial charge in [-0.15, -0.1) is 0 Å². The third-order valence-electron chi connectivity index (χ3n) is 3.84. The van der Waals surface area contributed by atoms with Crippen molar-refractivity contribution in [3.05, 3.63) is 30.6 Å². The van der Waals surface area contributed by atoms with Gasteiger partial charge in [-0.05, 0) is 25.0 Å². The fourth-order valence-electron chi connectivity index (χ4n) is 2.67. The normalized spacial score (nSPS) is 21.8. The highest BCUT2D eigenvalue weighted by molar-refractivity contribution is 5.81. The van der Waals surface area contributed by atoms with Crippen LogP contribution in [0.15, 0.2) is 30.6 Å². The van der Waals surface area contributed by atoms with E-state index in [1.54, 1.807) is 6.33 Å². The van der Waals surface area contributed by atoms with Crippen LogP contribution in [0.3, 0.4) is 0 Å². The van der Waals surface area contributed by atoms with Crippen LogP contribution in [0.1, 0.15) is 12.8 Å². The number of aromatic nitrogens is 2. The van der Waals surface area contributed by atoms with Gasteiger partial charge in [0.2, 0.25) is 5.91 Å². The number of hydrogen-bond donors (Lipinski definition) is 2. The first-order valence-electron chi connectivity index (χ1n) is 7.31. The molecule has 6 heteroatoms. The molecule has 21 heavy (non-hydrogen) atoms. The molecule has 3 N–H and O–H groups in total. The quantitative estimate of drug-likeness (QED) is 0.846. The van der Waals surface area contributed by atoms with Crippen molar-refractivity contribution in [1.29, 1.82) is 0 Å². The Kier molecular flexibility index (Phi) is 4.17. The summed E-state index contributed by atoms with van der Waals surface area (Å²) in [6.45, 7) is 1.73. The topological polar surface area (TPSA) is 82.2 Å². The van der Waals surface area contributed by atoms with Crippen LogP contribution in [-0.4, -0.2) is 40.8 Å². The van der Waals surface area contributed by atoms with Crippen LogP contribution in [0.5, 0.6) is 0 Å². The van der Waals surface area contributed by atoms with Gasteiger partial charge in [0.25, 0.3) is 0 Å². The molecule has 1 fully saturated rings. The number of amides is 1. The van der Waals surface area contributed by atoms with Gasteiger partial charge in [-0.2, -0.15) is 0 Å². The lowest BCUT2D eigenvalue weighted by Crippen LogP contribution is -2.37. The molecule has 1 aliphatic rings. The van der Waals surface area contributed by atoms with Crippen LogP contribution < -0.4 is 11.1 Å². The summed E-state index contributed by atoms with van der Waals surface area (Å²) in [5.41, 5.74) is 7.59. The molecule has 0 aliphatic carbocycles. The standard InChI is InChI=1S/C15H20N4O2/c16-9-11-5-6-14(21-11)15(20)17-7-8-19-10-18-12-3-1-2-4-13(12)19/h1-4,10-11,14H,5-9,16H2,(H,17,20)/t11-,14+/m1/s1. The molecule has 0 spiro atoms. The summed E-state index contributed by atoms with van der Waals surface area (Å²) in [4.78, 5) is 16.3. The van der Waals surface area contributed by atoms with Crippen LogP contribution in [0.4, 0.5) is 0 Å². The van der Waals surface area contributed by atoms with Crippen molar-refractivity contribution in [1.82, 2.24) is 14.9 Å². The molecule has 1 saturated heterocycles. The Hall–Kier alpha value is -1.92. The van der Waals surface area contributed by atoms with Gasteiger partial charge in [0.1, 0.15) is 6.10 Å². The molecular weight excluding hydrogens is 268 g/mol. The maximum Gasteiger partial charge on any atom is 0.249 e. The van der Waals surface area contributed by atoms with E-state index in [1.165, 1.54) is 0 Å². The van der Waals surface area contributed by atoms with Crippen molar-refractivity contribution in [2.45, 2.75) is 31.6 Å². The first kappa shape index (κ1) is 14.0. The van der Waals surface area contributed by atoms with E-state index in [2.05, 4.69) is 10.3 Å². The molecule has 1 aliphatic heterocycles. The number of nitrogens with one attached hydrogen (secondary N) is 1. The van der Waals surface area contributed by atoms with Crippen molar-refractivity contribution in [3.63, 3.8) is 0 Å². The zero-order valence-electron chi connectivity index (χ0n) is 11.9.